The summed E-state index contributed by atoms with van der Waals surface area (Å²) in [6.07, 6.45) is 0.436. The second-order valence-corrected chi connectivity index (χ2v) is 7.78. The lowest BCUT2D eigenvalue weighted by Crippen LogP contribution is -2.08. The van der Waals surface area contributed by atoms with E-state index in [0.717, 1.165) is 5.52 Å². The highest BCUT2D eigenvalue weighted by atomic mass is 31.2. The van der Waals surface area contributed by atoms with E-state index in [2.05, 4.69) is 14.7 Å². The van der Waals surface area contributed by atoms with Crippen molar-refractivity contribution in [3.63, 3.8) is 0 Å². The number of hydrogen-bond donors (Lipinski definition) is 2. The zero-order valence-corrected chi connectivity index (χ0v) is 14.0. The molecule has 2 aromatic carbocycles. The summed E-state index contributed by atoms with van der Waals surface area (Å²) < 4.78 is 17.1. The van der Waals surface area contributed by atoms with Crippen molar-refractivity contribution in [2.24, 2.45) is 0 Å². The Kier molecular flexibility index (Phi) is 4.51. The molecule has 0 bridgehead atoms. The summed E-state index contributed by atoms with van der Waals surface area (Å²) in [5.41, 5.74) is 1.81. The van der Waals surface area contributed by atoms with E-state index in [9.17, 15) is 14.3 Å². The summed E-state index contributed by atoms with van der Waals surface area (Å²) in [6, 6.07) is 13.6. The number of aromatic amines is 1. The highest BCUT2D eigenvalue weighted by Crippen LogP contribution is 2.39. The second-order valence-electron chi connectivity index (χ2n) is 5.42. The van der Waals surface area contributed by atoms with Crippen molar-refractivity contribution >= 4 is 29.7 Å². The molecule has 0 fully saturated rings. The molecule has 0 amide bonds. The number of carbonyl (C=O) groups excluding carboxylic acids is 1. The van der Waals surface area contributed by atoms with Gasteiger partial charge in [0.05, 0.1) is 23.7 Å². The summed E-state index contributed by atoms with van der Waals surface area (Å²) >= 11 is 0. The second kappa shape index (κ2) is 6.59. The Hall–Kier alpha value is -2.43. The maximum atomic E-state index is 12.4. The molecule has 0 radical (unpaired) electrons. The number of aryl methyl sites for hydroxylation is 1. The quantitative estimate of drug-likeness (QED) is 0.548. The number of fused-ring (bicyclic) bond motifs is 1. The molecule has 3 rings (SSSR count). The first kappa shape index (κ1) is 16.4. The van der Waals surface area contributed by atoms with Gasteiger partial charge >= 0.3 is 5.97 Å². The van der Waals surface area contributed by atoms with E-state index in [1.807, 2.05) is 6.07 Å². The molecule has 3 aromatic rings. The van der Waals surface area contributed by atoms with Crippen LogP contribution in [0.4, 0.5) is 0 Å². The lowest BCUT2D eigenvalue weighted by atomic mass is 10.2. The maximum Gasteiger partial charge on any atom is 0.337 e. The van der Waals surface area contributed by atoms with E-state index >= 15 is 0 Å². The Labute approximate surface area is 139 Å². The molecule has 7 heteroatoms. The number of esters is 1. The maximum absolute atomic E-state index is 12.4. The lowest BCUT2D eigenvalue weighted by Gasteiger charge is -2.10. The van der Waals surface area contributed by atoms with Crippen molar-refractivity contribution in [1.29, 1.82) is 0 Å². The highest BCUT2D eigenvalue weighted by Gasteiger charge is 2.21. The smallest absolute Gasteiger partial charge is 0.337 e. The standard InChI is InChI=1S/C17H17N2O4P/c1-23-17(20)12-7-8-14-15(11-12)19-16(18-14)9-10-24(21,22)13-5-3-2-4-6-13/h2-8,11H,9-10H2,1H3,(H,18,19)(H,21,22). The summed E-state index contributed by atoms with van der Waals surface area (Å²) in [7, 11) is -2.09. The third kappa shape index (κ3) is 3.40. The Morgan fingerprint density at radius 2 is 2.00 bits per heavy atom. The lowest BCUT2D eigenvalue weighted by molar-refractivity contribution is 0.0601. The first-order valence-corrected chi connectivity index (χ1v) is 9.28. The van der Waals surface area contributed by atoms with Crippen LogP contribution in [0, 0.1) is 0 Å². The molecule has 0 aliphatic heterocycles. The van der Waals surface area contributed by atoms with Crippen LogP contribution in [0.25, 0.3) is 11.0 Å². The van der Waals surface area contributed by atoms with Crippen LogP contribution in [0.1, 0.15) is 16.2 Å². The van der Waals surface area contributed by atoms with Gasteiger partial charge in [-0.25, -0.2) is 9.78 Å². The number of aromatic nitrogens is 2. The van der Waals surface area contributed by atoms with Gasteiger partial charge in [0.25, 0.3) is 0 Å². The van der Waals surface area contributed by atoms with E-state index in [-0.39, 0.29) is 6.16 Å². The predicted octanol–water partition coefficient (Wildman–Crippen LogP) is 2.49. The molecule has 0 aliphatic rings. The molecular formula is C17H17N2O4P. The van der Waals surface area contributed by atoms with Crippen LogP contribution in [-0.4, -0.2) is 34.1 Å². The number of benzene rings is 2. The van der Waals surface area contributed by atoms with Gasteiger partial charge in [-0.15, -0.1) is 0 Å². The first-order valence-electron chi connectivity index (χ1n) is 7.44. The number of hydrogen-bond acceptors (Lipinski definition) is 4. The molecule has 24 heavy (non-hydrogen) atoms. The van der Waals surface area contributed by atoms with Gasteiger partial charge in [0.1, 0.15) is 5.82 Å². The molecule has 6 nitrogen and oxygen atoms in total. The SMILES string of the molecule is COC(=O)c1ccc2[nH]c(CCP(=O)(O)c3ccccc3)nc2c1. The molecule has 0 aliphatic carbocycles. The third-order valence-electron chi connectivity index (χ3n) is 3.76. The van der Waals surface area contributed by atoms with Crippen LogP contribution in [-0.2, 0) is 15.7 Å². The van der Waals surface area contributed by atoms with Gasteiger partial charge in [0.2, 0.25) is 7.37 Å². The van der Waals surface area contributed by atoms with Crippen molar-refractivity contribution in [1.82, 2.24) is 9.97 Å². The molecule has 1 aromatic heterocycles. The normalized spacial score (nSPS) is 13.6. The predicted molar refractivity (Wildman–Crippen MR) is 91.9 cm³/mol. The van der Waals surface area contributed by atoms with Crippen molar-refractivity contribution < 1.29 is 19.0 Å². The summed E-state index contributed by atoms with van der Waals surface area (Å²) in [5, 5.41) is 0.439. The van der Waals surface area contributed by atoms with Gasteiger partial charge in [-0.3, -0.25) is 4.57 Å². The first-order chi connectivity index (χ1) is 11.5. The van der Waals surface area contributed by atoms with Crippen molar-refractivity contribution in [2.75, 3.05) is 13.3 Å². The minimum Gasteiger partial charge on any atom is -0.465 e. The van der Waals surface area contributed by atoms with Crippen LogP contribution >= 0.6 is 7.37 Å². The Bertz CT molecular complexity index is 921. The number of H-pyrrole nitrogens is 1. The fraction of sp³-hybridized carbons (Fsp3) is 0.176. The van der Waals surface area contributed by atoms with Gasteiger partial charge in [-0.1, -0.05) is 18.2 Å². The zero-order valence-electron chi connectivity index (χ0n) is 13.1. The number of carbonyl (C=O) groups is 1. The number of methoxy groups -OCH3 is 1. The van der Waals surface area contributed by atoms with Gasteiger partial charge in [0.15, 0.2) is 0 Å². The monoisotopic (exact) mass is 344 g/mol. The van der Waals surface area contributed by atoms with E-state index in [0.29, 0.717) is 28.6 Å². The number of nitrogens with zero attached hydrogens (tertiary/aromatic N) is 1. The average Bonchev–Trinajstić information content (AvgIpc) is 3.02. The molecule has 0 saturated carbocycles. The molecule has 0 spiro atoms. The summed E-state index contributed by atoms with van der Waals surface area (Å²) in [6.45, 7) is 0. The molecular weight excluding hydrogens is 327 g/mol. The number of nitrogens with one attached hydrogen (secondary N) is 1. The molecule has 0 saturated heterocycles. The Balaban J connectivity index is 1.78. The number of imidazole rings is 1. The molecule has 2 N–H and O–H groups in total. The molecule has 1 unspecified atom stereocenters. The fourth-order valence-electron chi connectivity index (χ4n) is 2.47. The highest BCUT2D eigenvalue weighted by molar-refractivity contribution is 7.66. The largest absolute Gasteiger partial charge is 0.465 e. The molecule has 1 atom stereocenters. The molecule has 1 heterocycles. The number of rotatable bonds is 5. The zero-order chi connectivity index (χ0) is 17.2. The van der Waals surface area contributed by atoms with Gasteiger partial charge < -0.3 is 14.6 Å². The van der Waals surface area contributed by atoms with E-state index in [4.69, 9.17) is 0 Å². The van der Waals surface area contributed by atoms with E-state index in [1.165, 1.54) is 7.11 Å². The van der Waals surface area contributed by atoms with Crippen LogP contribution < -0.4 is 5.30 Å². The third-order valence-corrected chi connectivity index (χ3v) is 5.70. The van der Waals surface area contributed by atoms with Crippen molar-refractivity contribution in [3.8, 4) is 0 Å². The minimum atomic E-state index is -3.42. The van der Waals surface area contributed by atoms with Crippen molar-refractivity contribution in [2.45, 2.75) is 6.42 Å². The van der Waals surface area contributed by atoms with Gasteiger partial charge in [-0.05, 0) is 30.3 Å². The van der Waals surface area contributed by atoms with Crippen LogP contribution in [0.2, 0.25) is 0 Å². The topological polar surface area (TPSA) is 92.3 Å². The minimum absolute atomic E-state index is 0.0979. The van der Waals surface area contributed by atoms with Crippen LogP contribution in [0.5, 0.6) is 0 Å². The van der Waals surface area contributed by atoms with Gasteiger partial charge in [-0.2, -0.15) is 0 Å². The Morgan fingerprint density at radius 1 is 1.25 bits per heavy atom. The fourth-order valence-corrected chi connectivity index (χ4v) is 3.88. The van der Waals surface area contributed by atoms with Crippen LogP contribution in [0.15, 0.2) is 48.5 Å². The van der Waals surface area contributed by atoms with Gasteiger partial charge in [0, 0.05) is 17.9 Å². The molecule has 124 valence electrons. The van der Waals surface area contributed by atoms with E-state index in [1.54, 1.807) is 42.5 Å². The van der Waals surface area contributed by atoms with Crippen LogP contribution in [0.3, 0.4) is 0 Å². The van der Waals surface area contributed by atoms with E-state index < -0.39 is 13.3 Å². The van der Waals surface area contributed by atoms with Crippen molar-refractivity contribution in [3.05, 3.63) is 59.9 Å². The summed E-state index contributed by atoms with van der Waals surface area (Å²) in [5.74, 6) is 0.183. The Morgan fingerprint density at radius 3 is 2.71 bits per heavy atom. The summed E-state index contributed by atoms with van der Waals surface area (Å²) in [4.78, 5) is 29.3. The average molecular weight is 344 g/mol. The number of ether oxygens (including phenoxy) is 1.